The fourth-order valence-electron chi connectivity index (χ4n) is 4.14. The van der Waals surface area contributed by atoms with Crippen LogP contribution >= 0.6 is 0 Å². The molecule has 0 unspecified atom stereocenters. The van der Waals surface area contributed by atoms with Crippen molar-refractivity contribution < 1.29 is 0 Å². The summed E-state index contributed by atoms with van der Waals surface area (Å²) in [5.74, 6) is 0. The minimum atomic E-state index is 0.00856. The highest BCUT2D eigenvalue weighted by Crippen LogP contribution is 2.39. The van der Waals surface area contributed by atoms with Crippen molar-refractivity contribution in [3.05, 3.63) is 72.1 Å². The van der Waals surface area contributed by atoms with Crippen LogP contribution < -0.4 is 0 Å². The fraction of sp³-hybridized carbons (Fsp3) is 0.308. The molecule has 0 aliphatic rings. The Hall–Kier alpha value is -2.74. The molecule has 28 heavy (non-hydrogen) atoms. The number of fused-ring (bicyclic) bond motifs is 2. The molecule has 2 nitrogen and oxygen atoms in total. The zero-order valence-electron chi connectivity index (χ0n) is 17.7. The Morgan fingerprint density at radius 1 is 0.679 bits per heavy atom. The number of aromatic nitrogens is 2. The Bertz CT molecular complexity index is 1170. The van der Waals surface area contributed by atoms with Gasteiger partial charge in [0.2, 0.25) is 0 Å². The molecule has 4 aromatic rings. The van der Waals surface area contributed by atoms with Crippen molar-refractivity contribution in [3.63, 3.8) is 0 Å². The first-order valence-electron chi connectivity index (χ1n) is 9.94. The summed E-state index contributed by atoms with van der Waals surface area (Å²) in [5, 5.41) is 2.45. The van der Waals surface area contributed by atoms with Crippen molar-refractivity contribution in [2.24, 2.45) is 0 Å². The van der Waals surface area contributed by atoms with Crippen LogP contribution in [0.5, 0.6) is 0 Å². The van der Waals surface area contributed by atoms with Crippen LogP contribution in [0.3, 0.4) is 0 Å². The van der Waals surface area contributed by atoms with Gasteiger partial charge < -0.3 is 0 Å². The average molecular weight is 369 g/mol. The van der Waals surface area contributed by atoms with Crippen LogP contribution in [0.2, 0.25) is 0 Å². The first-order valence-corrected chi connectivity index (χ1v) is 9.94. The first-order chi connectivity index (χ1) is 13.2. The van der Waals surface area contributed by atoms with Crippen molar-refractivity contribution >= 4 is 21.8 Å². The Morgan fingerprint density at radius 3 is 2.11 bits per heavy atom. The van der Waals surface area contributed by atoms with E-state index in [1.807, 2.05) is 12.4 Å². The molecule has 2 heteroatoms. The van der Waals surface area contributed by atoms with Gasteiger partial charge in [0, 0.05) is 28.7 Å². The van der Waals surface area contributed by atoms with Gasteiger partial charge in [-0.25, -0.2) is 0 Å². The van der Waals surface area contributed by atoms with Gasteiger partial charge in [0.1, 0.15) is 0 Å². The van der Waals surface area contributed by atoms with Gasteiger partial charge >= 0.3 is 0 Å². The largest absolute Gasteiger partial charge is 0.256 e. The molecule has 0 bridgehead atoms. The van der Waals surface area contributed by atoms with Gasteiger partial charge in [-0.1, -0.05) is 65.8 Å². The molecule has 142 valence electrons. The van der Waals surface area contributed by atoms with Crippen LogP contribution in [0.15, 0.2) is 60.9 Å². The standard InChI is InChI=1S/C26H28N2/c1-25(2,3)21-13-14-27-23-12-11-17(15-19(21)23)20-16-28-22-10-8-7-9-18(22)24(20)26(4,5)6/h7-16H,1-6H3. The third-order valence-corrected chi connectivity index (χ3v) is 5.39. The van der Waals surface area contributed by atoms with E-state index < -0.39 is 0 Å². The van der Waals surface area contributed by atoms with Gasteiger partial charge in [0.15, 0.2) is 0 Å². The zero-order valence-corrected chi connectivity index (χ0v) is 17.7. The van der Waals surface area contributed by atoms with E-state index in [9.17, 15) is 0 Å². The van der Waals surface area contributed by atoms with Gasteiger partial charge in [0.25, 0.3) is 0 Å². The van der Waals surface area contributed by atoms with E-state index in [2.05, 4.69) is 95.1 Å². The lowest BCUT2D eigenvalue weighted by atomic mass is 9.79. The van der Waals surface area contributed by atoms with Gasteiger partial charge in [0.05, 0.1) is 11.0 Å². The molecule has 2 aromatic carbocycles. The van der Waals surface area contributed by atoms with Crippen LogP contribution in [-0.2, 0) is 10.8 Å². The average Bonchev–Trinajstić information content (AvgIpc) is 2.64. The van der Waals surface area contributed by atoms with Crippen LogP contribution in [0.4, 0.5) is 0 Å². The Balaban J connectivity index is 2.05. The number of pyridine rings is 2. The highest BCUT2D eigenvalue weighted by Gasteiger charge is 2.23. The highest BCUT2D eigenvalue weighted by molar-refractivity contribution is 5.93. The number of rotatable bonds is 1. The normalized spacial score (nSPS) is 12.6. The minimum absolute atomic E-state index is 0.00856. The topological polar surface area (TPSA) is 25.8 Å². The maximum atomic E-state index is 4.77. The van der Waals surface area contributed by atoms with Crippen LogP contribution in [-0.4, -0.2) is 9.97 Å². The van der Waals surface area contributed by atoms with Crippen molar-refractivity contribution in [1.29, 1.82) is 0 Å². The monoisotopic (exact) mass is 368 g/mol. The lowest BCUT2D eigenvalue weighted by Crippen LogP contribution is -2.14. The molecule has 0 aliphatic heterocycles. The second-order valence-electron chi connectivity index (χ2n) is 9.65. The number of nitrogens with zero attached hydrogens (tertiary/aromatic N) is 2. The summed E-state index contributed by atoms with van der Waals surface area (Å²) in [5.41, 5.74) is 7.24. The quantitative estimate of drug-likeness (QED) is 0.360. The second kappa shape index (κ2) is 6.41. The van der Waals surface area contributed by atoms with Gasteiger partial charge in [-0.05, 0) is 51.8 Å². The lowest BCUT2D eigenvalue weighted by Gasteiger charge is -2.26. The van der Waals surface area contributed by atoms with E-state index in [1.165, 1.54) is 33.0 Å². The molecule has 4 rings (SSSR count). The second-order valence-corrected chi connectivity index (χ2v) is 9.65. The van der Waals surface area contributed by atoms with Crippen LogP contribution in [0.25, 0.3) is 32.9 Å². The summed E-state index contributed by atoms with van der Waals surface area (Å²) < 4.78 is 0. The molecule has 0 fully saturated rings. The molecule has 0 N–H and O–H groups in total. The molecule has 2 aromatic heterocycles. The molecule has 0 saturated heterocycles. The fourth-order valence-corrected chi connectivity index (χ4v) is 4.14. The zero-order chi connectivity index (χ0) is 20.1. The maximum absolute atomic E-state index is 4.77. The predicted molar refractivity (Wildman–Crippen MR) is 120 cm³/mol. The maximum Gasteiger partial charge on any atom is 0.0705 e. The number of hydrogen-bond donors (Lipinski definition) is 0. The third kappa shape index (κ3) is 3.17. The lowest BCUT2D eigenvalue weighted by molar-refractivity contribution is 0.595. The number of hydrogen-bond acceptors (Lipinski definition) is 2. The van der Waals surface area contributed by atoms with E-state index >= 15 is 0 Å². The van der Waals surface area contributed by atoms with Crippen molar-refractivity contribution in [1.82, 2.24) is 9.97 Å². The molecule has 2 heterocycles. The van der Waals surface area contributed by atoms with Gasteiger partial charge in [-0.2, -0.15) is 0 Å². The molecule has 0 radical (unpaired) electrons. The summed E-state index contributed by atoms with van der Waals surface area (Å²) in [7, 11) is 0. The highest BCUT2D eigenvalue weighted by atomic mass is 14.7. The van der Waals surface area contributed by atoms with Crippen LogP contribution in [0.1, 0.15) is 52.7 Å². The molecule has 0 amide bonds. The Kier molecular flexibility index (Phi) is 4.26. The van der Waals surface area contributed by atoms with E-state index in [1.54, 1.807) is 0 Å². The molecular formula is C26H28N2. The molecular weight excluding hydrogens is 340 g/mol. The van der Waals surface area contributed by atoms with Crippen molar-refractivity contribution in [3.8, 4) is 11.1 Å². The van der Waals surface area contributed by atoms with Gasteiger partial charge in [-0.3, -0.25) is 9.97 Å². The van der Waals surface area contributed by atoms with Crippen LogP contribution in [0, 0.1) is 0 Å². The summed E-state index contributed by atoms with van der Waals surface area (Å²) in [6, 6.07) is 17.2. The summed E-state index contributed by atoms with van der Waals surface area (Å²) in [6.45, 7) is 13.6. The van der Waals surface area contributed by atoms with Gasteiger partial charge in [-0.15, -0.1) is 0 Å². The van der Waals surface area contributed by atoms with E-state index in [0.717, 1.165) is 11.0 Å². The Morgan fingerprint density at radius 2 is 1.39 bits per heavy atom. The summed E-state index contributed by atoms with van der Waals surface area (Å²) >= 11 is 0. The molecule has 0 aliphatic carbocycles. The van der Waals surface area contributed by atoms with Crippen molar-refractivity contribution in [2.75, 3.05) is 0 Å². The Labute approximate surface area is 167 Å². The predicted octanol–water partition coefficient (Wildman–Crippen LogP) is 7.05. The SMILES string of the molecule is CC(C)(C)c1ccnc2ccc(-c3cnc4ccccc4c3C(C)(C)C)cc12. The third-order valence-electron chi connectivity index (χ3n) is 5.39. The molecule has 0 spiro atoms. The van der Waals surface area contributed by atoms with E-state index in [4.69, 9.17) is 4.98 Å². The summed E-state index contributed by atoms with van der Waals surface area (Å²) in [6.07, 6.45) is 3.96. The first kappa shape index (κ1) is 18.6. The van der Waals surface area contributed by atoms with Crippen molar-refractivity contribution in [2.45, 2.75) is 52.4 Å². The smallest absolute Gasteiger partial charge is 0.0705 e. The van der Waals surface area contributed by atoms with E-state index in [-0.39, 0.29) is 10.8 Å². The summed E-state index contributed by atoms with van der Waals surface area (Å²) in [4.78, 5) is 9.36. The number of para-hydroxylation sites is 1. The molecule has 0 atom stereocenters. The van der Waals surface area contributed by atoms with E-state index in [0.29, 0.717) is 0 Å². The number of benzene rings is 2. The minimum Gasteiger partial charge on any atom is -0.256 e. The molecule has 0 saturated carbocycles.